The Morgan fingerprint density at radius 2 is 2.08 bits per heavy atom. The molecule has 2 N–H and O–H groups in total. The summed E-state index contributed by atoms with van der Waals surface area (Å²) in [5.41, 5.74) is 2.01. The number of thiophene rings is 1. The van der Waals surface area contributed by atoms with Gasteiger partial charge in [0, 0.05) is 16.3 Å². The van der Waals surface area contributed by atoms with Crippen LogP contribution in [0.15, 0.2) is 52.1 Å². The summed E-state index contributed by atoms with van der Waals surface area (Å²) in [4.78, 5) is 13.1. The number of rotatable bonds is 3. The zero-order chi connectivity index (χ0) is 17.3. The average molecular weight is 376 g/mol. The summed E-state index contributed by atoms with van der Waals surface area (Å²) in [6.45, 7) is 1.85. The maximum atomic E-state index is 12.7. The number of benzene rings is 1. The molecule has 1 aromatic carbocycles. The van der Waals surface area contributed by atoms with E-state index in [1.807, 2.05) is 43.5 Å². The first kappa shape index (κ1) is 17.0. The molecule has 7 heteroatoms. The minimum Gasteiger partial charge on any atom is -0.319 e. The van der Waals surface area contributed by atoms with Crippen LogP contribution in [0.4, 0.5) is 0 Å². The summed E-state index contributed by atoms with van der Waals surface area (Å²) >= 11 is 8.98. The minimum absolute atomic E-state index is 0.204. The molecule has 2 aromatic rings. The number of amides is 1. The van der Waals surface area contributed by atoms with Crippen LogP contribution in [-0.2, 0) is 0 Å². The molecule has 24 heavy (non-hydrogen) atoms. The highest BCUT2D eigenvalue weighted by Gasteiger charge is 2.22. The molecule has 1 amide bonds. The second-order valence-corrected chi connectivity index (χ2v) is 7.10. The summed E-state index contributed by atoms with van der Waals surface area (Å²) in [5.74, 6) is -0.306. The summed E-state index contributed by atoms with van der Waals surface area (Å²) in [5, 5.41) is 12.4. The van der Waals surface area contributed by atoms with Gasteiger partial charge < -0.3 is 5.32 Å². The summed E-state index contributed by atoms with van der Waals surface area (Å²) in [6, 6.07) is 7.63. The molecule has 1 aromatic heterocycles. The molecular formula is C17H14ClN3OS2. The molecule has 4 nitrogen and oxygen atoms in total. The average Bonchev–Trinajstić information content (AvgIpc) is 2.91. The van der Waals surface area contributed by atoms with Crippen molar-refractivity contribution in [1.82, 2.24) is 5.32 Å². The van der Waals surface area contributed by atoms with E-state index in [0.29, 0.717) is 21.3 Å². The standard InChI is InChI=1S/C17H14ClN3OS2/c1-9-7-8-11(21-23-2)14(19)15(9)20-17(22)16-13(18)10-5-3-4-6-12(10)24-16/h3-8,19H,1-2H3,(H,20,22)/b19-14?,21-11-. The van der Waals surface area contributed by atoms with Crippen LogP contribution < -0.4 is 5.32 Å². The van der Waals surface area contributed by atoms with Crippen LogP contribution in [0.2, 0.25) is 5.02 Å². The van der Waals surface area contributed by atoms with Gasteiger partial charge in [-0.2, -0.15) is 0 Å². The Hall–Kier alpha value is -1.89. The van der Waals surface area contributed by atoms with Crippen LogP contribution >= 0.6 is 34.9 Å². The molecule has 1 aliphatic rings. The Kier molecular flexibility index (Phi) is 4.89. The van der Waals surface area contributed by atoms with E-state index in [4.69, 9.17) is 17.0 Å². The molecule has 0 unspecified atom stereocenters. The molecule has 0 saturated carbocycles. The highest BCUT2D eigenvalue weighted by molar-refractivity contribution is 7.97. The van der Waals surface area contributed by atoms with E-state index in [-0.39, 0.29) is 11.6 Å². The fraction of sp³-hybridized carbons (Fsp3) is 0.118. The molecular weight excluding hydrogens is 362 g/mol. The number of fused-ring (bicyclic) bond motifs is 1. The Balaban J connectivity index is 1.93. The molecule has 122 valence electrons. The van der Waals surface area contributed by atoms with Crippen molar-refractivity contribution in [2.75, 3.05) is 6.26 Å². The lowest BCUT2D eigenvalue weighted by Crippen LogP contribution is -2.32. The maximum absolute atomic E-state index is 12.7. The number of hydrogen-bond donors (Lipinski definition) is 2. The van der Waals surface area contributed by atoms with Crippen LogP contribution in [0.25, 0.3) is 10.1 Å². The van der Waals surface area contributed by atoms with Crippen LogP contribution in [0, 0.1) is 5.41 Å². The van der Waals surface area contributed by atoms with E-state index in [1.165, 1.54) is 23.3 Å². The molecule has 0 spiro atoms. The zero-order valence-electron chi connectivity index (χ0n) is 13.0. The first-order valence-electron chi connectivity index (χ1n) is 7.10. The number of nitrogens with one attached hydrogen (secondary N) is 2. The largest absolute Gasteiger partial charge is 0.319 e. The van der Waals surface area contributed by atoms with Gasteiger partial charge in [-0.25, -0.2) is 4.40 Å². The van der Waals surface area contributed by atoms with E-state index in [2.05, 4.69) is 9.71 Å². The van der Waals surface area contributed by atoms with Crippen molar-refractivity contribution in [1.29, 1.82) is 5.41 Å². The maximum Gasteiger partial charge on any atom is 0.267 e. The monoisotopic (exact) mass is 375 g/mol. The van der Waals surface area contributed by atoms with E-state index in [9.17, 15) is 4.79 Å². The third-order valence-corrected chi connectivity index (χ3v) is 5.61. The van der Waals surface area contributed by atoms with Crippen LogP contribution in [0.3, 0.4) is 0 Å². The number of carbonyl (C=O) groups is 1. The molecule has 0 atom stereocenters. The van der Waals surface area contributed by atoms with Crippen LogP contribution in [0.5, 0.6) is 0 Å². The molecule has 0 saturated heterocycles. The van der Waals surface area contributed by atoms with Crippen molar-refractivity contribution in [3.63, 3.8) is 0 Å². The predicted molar refractivity (Wildman–Crippen MR) is 105 cm³/mol. The van der Waals surface area contributed by atoms with E-state index in [1.54, 1.807) is 6.08 Å². The number of hydrogen-bond acceptors (Lipinski definition) is 5. The molecule has 0 bridgehead atoms. The van der Waals surface area contributed by atoms with Gasteiger partial charge in [0.25, 0.3) is 5.91 Å². The van der Waals surface area contributed by atoms with E-state index in [0.717, 1.165) is 15.7 Å². The number of allylic oxidation sites excluding steroid dienone is 4. The highest BCUT2D eigenvalue weighted by atomic mass is 35.5. The SMILES string of the molecule is CS/N=C1/C=CC(C)=C(NC(=O)c2sc3ccccc3c2Cl)C1=N. The number of carbonyl (C=O) groups excluding carboxylic acids is 1. The first-order chi connectivity index (χ1) is 11.5. The van der Waals surface area contributed by atoms with Crippen molar-refractivity contribution < 1.29 is 4.79 Å². The normalized spacial score (nSPS) is 16.3. The Labute approximate surface area is 153 Å². The highest BCUT2D eigenvalue weighted by Crippen LogP contribution is 2.35. The van der Waals surface area contributed by atoms with Crippen molar-refractivity contribution >= 4 is 62.3 Å². The number of halogens is 1. The molecule has 0 radical (unpaired) electrons. The lowest BCUT2D eigenvalue weighted by molar-refractivity contribution is 0.0972. The fourth-order valence-corrected chi connectivity index (χ4v) is 4.12. The summed E-state index contributed by atoms with van der Waals surface area (Å²) < 4.78 is 5.15. The Morgan fingerprint density at radius 1 is 1.33 bits per heavy atom. The van der Waals surface area contributed by atoms with Crippen molar-refractivity contribution in [3.8, 4) is 0 Å². The Morgan fingerprint density at radius 3 is 2.79 bits per heavy atom. The smallest absolute Gasteiger partial charge is 0.267 e. The predicted octanol–water partition coefficient (Wildman–Crippen LogP) is 4.87. The summed E-state index contributed by atoms with van der Waals surface area (Å²) in [7, 11) is 0. The van der Waals surface area contributed by atoms with Crippen molar-refractivity contribution in [2.24, 2.45) is 4.40 Å². The molecule has 0 aliphatic heterocycles. The van der Waals surface area contributed by atoms with Crippen molar-refractivity contribution in [2.45, 2.75) is 6.92 Å². The zero-order valence-corrected chi connectivity index (χ0v) is 15.4. The fourth-order valence-electron chi connectivity index (χ4n) is 2.36. The summed E-state index contributed by atoms with van der Waals surface area (Å²) in [6.07, 6.45) is 5.44. The quantitative estimate of drug-likeness (QED) is 0.593. The molecule has 1 heterocycles. The van der Waals surface area contributed by atoms with Gasteiger partial charge in [0.15, 0.2) is 0 Å². The van der Waals surface area contributed by atoms with Gasteiger partial charge in [0.05, 0.1) is 16.4 Å². The lowest BCUT2D eigenvalue weighted by atomic mass is 10.0. The first-order valence-corrected chi connectivity index (χ1v) is 9.48. The second-order valence-electron chi connectivity index (χ2n) is 5.12. The molecule has 3 rings (SSSR count). The van der Waals surface area contributed by atoms with Crippen molar-refractivity contribution in [3.05, 3.63) is 57.6 Å². The van der Waals surface area contributed by atoms with Gasteiger partial charge in [0.1, 0.15) is 10.6 Å². The second kappa shape index (κ2) is 6.93. The number of nitrogens with zero attached hydrogens (tertiary/aromatic N) is 1. The Bertz CT molecular complexity index is 940. The topological polar surface area (TPSA) is 65.3 Å². The minimum atomic E-state index is -0.306. The molecule has 1 aliphatic carbocycles. The van der Waals surface area contributed by atoms with Crippen LogP contribution in [0.1, 0.15) is 16.6 Å². The third-order valence-electron chi connectivity index (χ3n) is 3.56. The van der Waals surface area contributed by atoms with Gasteiger partial charge in [-0.3, -0.25) is 10.2 Å². The van der Waals surface area contributed by atoms with E-state index >= 15 is 0 Å². The van der Waals surface area contributed by atoms with Crippen LogP contribution in [-0.4, -0.2) is 23.6 Å². The van der Waals surface area contributed by atoms with Gasteiger partial charge in [-0.05, 0) is 36.6 Å². The van der Waals surface area contributed by atoms with Gasteiger partial charge in [-0.1, -0.05) is 35.9 Å². The van der Waals surface area contributed by atoms with E-state index < -0.39 is 0 Å². The molecule has 0 fully saturated rings. The van der Waals surface area contributed by atoms with Gasteiger partial charge >= 0.3 is 0 Å². The van der Waals surface area contributed by atoms with Gasteiger partial charge in [-0.15, -0.1) is 11.3 Å². The lowest BCUT2D eigenvalue weighted by Gasteiger charge is -2.16. The van der Waals surface area contributed by atoms with Gasteiger partial charge in [0.2, 0.25) is 0 Å². The third kappa shape index (κ3) is 3.05.